The van der Waals surface area contributed by atoms with Gasteiger partial charge < -0.3 is 15.0 Å². The van der Waals surface area contributed by atoms with Crippen LogP contribution in [0.3, 0.4) is 0 Å². The highest BCUT2D eigenvalue weighted by molar-refractivity contribution is 5.81. The second-order valence-corrected chi connectivity index (χ2v) is 4.96. The number of aryl methyl sites for hydroxylation is 2. The molecule has 2 N–H and O–H groups in total. The molecule has 0 aliphatic rings. The Morgan fingerprint density at radius 3 is 2.81 bits per heavy atom. The summed E-state index contributed by atoms with van der Waals surface area (Å²) in [5.41, 5.74) is 9.60. The Morgan fingerprint density at radius 1 is 1.14 bits per heavy atom. The average Bonchev–Trinajstić information content (AvgIpc) is 2.88. The first kappa shape index (κ1) is 13.4. The van der Waals surface area contributed by atoms with Crippen LogP contribution in [0.2, 0.25) is 0 Å². The Kier molecular flexibility index (Phi) is 3.43. The second-order valence-electron chi connectivity index (χ2n) is 4.96. The lowest BCUT2D eigenvalue weighted by molar-refractivity contribution is 0.299. The van der Waals surface area contributed by atoms with E-state index in [0.717, 1.165) is 11.4 Å². The quantitative estimate of drug-likeness (QED) is 0.793. The molecule has 0 atom stereocenters. The lowest BCUT2D eigenvalue weighted by Crippen LogP contribution is -2.08. The van der Waals surface area contributed by atoms with Crippen LogP contribution in [-0.4, -0.2) is 26.1 Å². The number of imidazole rings is 1. The van der Waals surface area contributed by atoms with Gasteiger partial charge in [-0.25, -0.2) is 15.0 Å². The molecule has 2 aromatic heterocycles. The normalized spacial score (nSPS) is 11.0. The predicted octanol–water partition coefficient (Wildman–Crippen LogP) is 2.10. The van der Waals surface area contributed by atoms with Gasteiger partial charge in [0.15, 0.2) is 11.5 Å². The van der Waals surface area contributed by atoms with Crippen molar-refractivity contribution in [2.24, 2.45) is 0 Å². The number of nitrogens with zero attached hydrogens (tertiary/aromatic N) is 4. The van der Waals surface area contributed by atoms with Gasteiger partial charge in [0.25, 0.3) is 0 Å². The third-order valence-electron chi connectivity index (χ3n) is 3.51. The fraction of sp³-hybridized carbons (Fsp3) is 0.267. The highest BCUT2D eigenvalue weighted by atomic mass is 16.5. The van der Waals surface area contributed by atoms with E-state index in [0.29, 0.717) is 24.5 Å². The van der Waals surface area contributed by atoms with Gasteiger partial charge in [-0.05, 0) is 37.1 Å². The summed E-state index contributed by atoms with van der Waals surface area (Å²) in [7, 11) is 0. The SMILES string of the molecule is Cc1ccc(OCCn2cnc3c(N)ncnc32)cc1C. The number of nitrogen functional groups attached to an aromatic ring is 1. The van der Waals surface area contributed by atoms with Crippen LogP contribution in [0, 0.1) is 13.8 Å². The third kappa shape index (κ3) is 2.65. The molecule has 0 saturated carbocycles. The number of ether oxygens (including phenoxy) is 1. The van der Waals surface area contributed by atoms with Crippen LogP contribution < -0.4 is 10.5 Å². The predicted molar refractivity (Wildman–Crippen MR) is 81.1 cm³/mol. The summed E-state index contributed by atoms with van der Waals surface area (Å²) in [4.78, 5) is 12.4. The maximum Gasteiger partial charge on any atom is 0.165 e. The number of benzene rings is 1. The van der Waals surface area contributed by atoms with E-state index in [1.807, 2.05) is 16.7 Å². The van der Waals surface area contributed by atoms with Crippen molar-refractivity contribution in [1.82, 2.24) is 19.5 Å². The molecule has 6 nitrogen and oxygen atoms in total. The van der Waals surface area contributed by atoms with Crippen molar-refractivity contribution >= 4 is 17.0 Å². The fourth-order valence-electron chi connectivity index (χ4n) is 2.13. The molecule has 3 aromatic rings. The Balaban J connectivity index is 1.69. The maximum absolute atomic E-state index is 5.77. The number of hydrogen-bond donors (Lipinski definition) is 1. The van der Waals surface area contributed by atoms with E-state index < -0.39 is 0 Å². The van der Waals surface area contributed by atoms with E-state index in [1.54, 1.807) is 6.33 Å². The van der Waals surface area contributed by atoms with Crippen LogP contribution >= 0.6 is 0 Å². The summed E-state index contributed by atoms with van der Waals surface area (Å²) >= 11 is 0. The summed E-state index contributed by atoms with van der Waals surface area (Å²) in [5.74, 6) is 1.27. The molecular formula is C15H17N5O. The lowest BCUT2D eigenvalue weighted by atomic mass is 10.1. The van der Waals surface area contributed by atoms with Crippen LogP contribution in [0.25, 0.3) is 11.2 Å². The van der Waals surface area contributed by atoms with Crippen LogP contribution in [0.15, 0.2) is 30.9 Å². The molecule has 3 rings (SSSR count). The first-order valence-corrected chi connectivity index (χ1v) is 6.76. The smallest absolute Gasteiger partial charge is 0.165 e. The fourth-order valence-corrected chi connectivity index (χ4v) is 2.13. The molecule has 0 saturated heterocycles. The van der Waals surface area contributed by atoms with Crippen LogP contribution in [0.5, 0.6) is 5.75 Å². The van der Waals surface area contributed by atoms with E-state index in [1.165, 1.54) is 17.5 Å². The van der Waals surface area contributed by atoms with Crippen molar-refractivity contribution in [2.45, 2.75) is 20.4 Å². The first-order chi connectivity index (χ1) is 10.1. The minimum atomic E-state index is 0.397. The summed E-state index contributed by atoms with van der Waals surface area (Å²) in [6.45, 7) is 5.35. The molecule has 0 bridgehead atoms. The standard InChI is InChI=1S/C15H17N5O/c1-10-3-4-12(7-11(10)2)21-6-5-20-9-19-13-14(16)17-8-18-15(13)20/h3-4,7-9H,5-6H2,1-2H3,(H2,16,17,18). The van der Waals surface area contributed by atoms with Crippen molar-refractivity contribution in [3.05, 3.63) is 42.0 Å². The van der Waals surface area contributed by atoms with Crippen molar-refractivity contribution in [3.8, 4) is 5.75 Å². The highest BCUT2D eigenvalue weighted by Crippen LogP contribution is 2.17. The second kappa shape index (κ2) is 5.40. The van der Waals surface area contributed by atoms with Gasteiger partial charge in [-0.1, -0.05) is 6.07 Å². The highest BCUT2D eigenvalue weighted by Gasteiger charge is 2.07. The van der Waals surface area contributed by atoms with Crippen LogP contribution in [0.4, 0.5) is 5.82 Å². The third-order valence-corrected chi connectivity index (χ3v) is 3.51. The van der Waals surface area contributed by atoms with Gasteiger partial charge in [0, 0.05) is 0 Å². The molecule has 0 spiro atoms. The van der Waals surface area contributed by atoms with Gasteiger partial charge in [-0.3, -0.25) is 0 Å². The molecule has 6 heteroatoms. The van der Waals surface area contributed by atoms with Crippen molar-refractivity contribution < 1.29 is 4.74 Å². The van der Waals surface area contributed by atoms with E-state index in [4.69, 9.17) is 10.5 Å². The molecule has 0 aliphatic heterocycles. The number of hydrogen-bond acceptors (Lipinski definition) is 5. The summed E-state index contributed by atoms with van der Waals surface area (Å²) in [6.07, 6.45) is 3.15. The van der Waals surface area contributed by atoms with E-state index in [2.05, 4.69) is 34.9 Å². The van der Waals surface area contributed by atoms with Gasteiger partial charge >= 0.3 is 0 Å². The first-order valence-electron chi connectivity index (χ1n) is 6.76. The molecule has 2 heterocycles. The molecule has 0 fully saturated rings. The Morgan fingerprint density at radius 2 is 2.00 bits per heavy atom. The number of aromatic nitrogens is 4. The Hall–Kier alpha value is -2.63. The summed E-state index contributed by atoms with van der Waals surface area (Å²) in [6, 6.07) is 6.08. The zero-order valence-corrected chi connectivity index (χ0v) is 12.1. The van der Waals surface area contributed by atoms with E-state index in [-0.39, 0.29) is 0 Å². The zero-order valence-electron chi connectivity index (χ0n) is 12.1. The van der Waals surface area contributed by atoms with Crippen LogP contribution in [0.1, 0.15) is 11.1 Å². The maximum atomic E-state index is 5.77. The minimum absolute atomic E-state index is 0.397. The number of rotatable bonds is 4. The van der Waals surface area contributed by atoms with Gasteiger partial charge in [0.1, 0.15) is 24.2 Å². The van der Waals surface area contributed by atoms with E-state index in [9.17, 15) is 0 Å². The molecular weight excluding hydrogens is 266 g/mol. The minimum Gasteiger partial charge on any atom is -0.492 e. The molecule has 108 valence electrons. The molecule has 0 unspecified atom stereocenters. The summed E-state index contributed by atoms with van der Waals surface area (Å²) in [5, 5.41) is 0. The Labute approximate surface area is 122 Å². The number of anilines is 1. The topological polar surface area (TPSA) is 78.9 Å². The monoisotopic (exact) mass is 283 g/mol. The molecule has 0 aliphatic carbocycles. The van der Waals surface area contributed by atoms with Gasteiger partial charge in [-0.15, -0.1) is 0 Å². The van der Waals surface area contributed by atoms with Crippen molar-refractivity contribution in [3.63, 3.8) is 0 Å². The van der Waals surface area contributed by atoms with Gasteiger partial charge in [0.2, 0.25) is 0 Å². The molecule has 21 heavy (non-hydrogen) atoms. The molecule has 1 aromatic carbocycles. The summed E-state index contributed by atoms with van der Waals surface area (Å²) < 4.78 is 7.68. The van der Waals surface area contributed by atoms with Crippen molar-refractivity contribution in [2.75, 3.05) is 12.3 Å². The van der Waals surface area contributed by atoms with Gasteiger partial charge in [-0.2, -0.15) is 0 Å². The zero-order chi connectivity index (χ0) is 14.8. The van der Waals surface area contributed by atoms with Crippen LogP contribution in [-0.2, 0) is 6.54 Å². The number of fused-ring (bicyclic) bond motifs is 1. The molecule has 0 amide bonds. The average molecular weight is 283 g/mol. The largest absolute Gasteiger partial charge is 0.492 e. The van der Waals surface area contributed by atoms with E-state index >= 15 is 0 Å². The van der Waals surface area contributed by atoms with Gasteiger partial charge in [0.05, 0.1) is 12.9 Å². The van der Waals surface area contributed by atoms with Crippen molar-refractivity contribution in [1.29, 1.82) is 0 Å². The Bertz CT molecular complexity index is 781. The number of nitrogens with two attached hydrogens (primary N) is 1. The lowest BCUT2D eigenvalue weighted by Gasteiger charge is -2.09. The molecule has 0 radical (unpaired) electrons.